The molecule has 0 aromatic carbocycles. The van der Waals surface area contributed by atoms with Gasteiger partial charge in [0.15, 0.2) is 0 Å². The highest BCUT2D eigenvalue weighted by Crippen LogP contribution is 2.45. The van der Waals surface area contributed by atoms with Crippen LogP contribution in [0.3, 0.4) is 0 Å². The van der Waals surface area contributed by atoms with Gasteiger partial charge in [-0.3, -0.25) is 0 Å². The van der Waals surface area contributed by atoms with E-state index in [0.717, 1.165) is 25.9 Å². The van der Waals surface area contributed by atoms with Crippen LogP contribution in [0.5, 0.6) is 0 Å². The summed E-state index contributed by atoms with van der Waals surface area (Å²) in [6, 6.07) is 0. The van der Waals surface area contributed by atoms with Gasteiger partial charge in [-0.1, -0.05) is 19.9 Å². The van der Waals surface area contributed by atoms with E-state index < -0.39 is 0 Å². The van der Waals surface area contributed by atoms with Gasteiger partial charge in [0.1, 0.15) is 0 Å². The Labute approximate surface area is 118 Å². The molecule has 4 heteroatoms. The van der Waals surface area contributed by atoms with E-state index >= 15 is 0 Å². The van der Waals surface area contributed by atoms with Gasteiger partial charge in [0, 0.05) is 18.5 Å². The summed E-state index contributed by atoms with van der Waals surface area (Å²) in [7, 11) is -0.188. The van der Waals surface area contributed by atoms with Crippen molar-refractivity contribution in [2.75, 3.05) is 13.1 Å². The van der Waals surface area contributed by atoms with E-state index in [1.165, 1.54) is 5.47 Å². The molecule has 19 heavy (non-hydrogen) atoms. The first-order chi connectivity index (χ1) is 8.78. The molecular formula is C15H28BNO2. The van der Waals surface area contributed by atoms with Crippen molar-refractivity contribution >= 4 is 7.12 Å². The van der Waals surface area contributed by atoms with Crippen molar-refractivity contribution in [1.29, 1.82) is 0 Å². The summed E-state index contributed by atoms with van der Waals surface area (Å²) in [5.74, 6) is 0. The highest BCUT2D eigenvalue weighted by atomic mass is 16.7. The summed E-state index contributed by atoms with van der Waals surface area (Å²) in [5, 5.41) is 3.48. The number of rotatable bonds is 3. The lowest BCUT2D eigenvalue weighted by atomic mass is 9.58. The molecule has 0 spiro atoms. The van der Waals surface area contributed by atoms with Crippen LogP contribution >= 0.6 is 0 Å². The van der Waals surface area contributed by atoms with Crippen molar-refractivity contribution in [3.8, 4) is 0 Å². The second kappa shape index (κ2) is 4.90. The van der Waals surface area contributed by atoms with Gasteiger partial charge >= 0.3 is 7.12 Å². The normalized spacial score (nSPS) is 28.3. The Morgan fingerprint density at radius 2 is 1.63 bits per heavy atom. The molecule has 0 amide bonds. The van der Waals surface area contributed by atoms with Gasteiger partial charge in [0.25, 0.3) is 0 Å². The van der Waals surface area contributed by atoms with Crippen LogP contribution in [0.1, 0.15) is 54.4 Å². The first-order valence-corrected chi connectivity index (χ1v) is 7.55. The molecule has 2 aliphatic heterocycles. The van der Waals surface area contributed by atoms with Crippen LogP contribution in [0.15, 0.2) is 11.5 Å². The molecule has 2 heterocycles. The second-order valence-corrected chi connectivity index (χ2v) is 6.87. The van der Waals surface area contributed by atoms with Crippen molar-refractivity contribution in [3.63, 3.8) is 0 Å². The maximum Gasteiger partial charge on any atom is 0.490 e. The Hall–Kier alpha value is -0.315. The quantitative estimate of drug-likeness (QED) is 0.796. The van der Waals surface area contributed by atoms with Crippen LogP contribution < -0.4 is 5.32 Å². The summed E-state index contributed by atoms with van der Waals surface area (Å²) in [4.78, 5) is 0. The van der Waals surface area contributed by atoms with Gasteiger partial charge in [-0.25, -0.2) is 0 Å². The van der Waals surface area contributed by atoms with Crippen molar-refractivity contribution in [1.82, 2.24) is 5.32 Å². The van der Waals surface area contributed by atoms with Crippen LogP contribution in [0.25, 0.3) is 0 Å². The molecule has 0 saturated carbocycles. The summed E-state index contributed by atoms with van der Waals surface area (Å²) >= 11 is 0. The second-order valence-electron chi connectivity index (χ2n) is 6.87. The summed E-state index contributed by atoms with van der Waals surface area (Å²) in [6.07, 6.45) is 4.51. The molecule has 2 rings (SSSR count). The minimum atomic E-state index is -0.253. The Balaban J connectivity index is 2.29. The van der Waals surface area contributed by atoms with Crippen molar-refractivity contribution in [3.05, 3.63) is 11.5 Å². The fourth-order valence-corrected chi connectivity index (χ4v) is 3.04. The molecule has 0 unspecified atom stereocenters. The van der Waals surface area contributed by atoms with Crippen LogP contribution in [0.2, 0.25) is 0 Å². The van der Waals surface area contributed by atoms with Gasteiger partial charge in [0.05, 0.1) is 11.2 Å². The SMILES string of the molecule is CCC1(CC)CNCC=C1B1OC(C)(C)C(C)(C)O1. The lowest BCUT2D eigenvalue weighted by Crippen LogP contribution is -2.45. The van der Waals surface area contributed by atoms with E-state index in [2.05, 4.69) is 52.9 Å². The molecule has 108 valence electrons. The average Bonchev–Trinajstić information content (AvgIpc) is 2.58. The van der Waals surface area contributed by atoms with Gasteiger partial charge in [-0.15, -0.1) is 0 Å². The fraction of sp³-hybridized carbons (Fsp3) is 0.867. The zero-order chi connectivity index (χ0) is 14.3. The number of hydrogen-bond donors (Lipinski definition) is 1. The van der Waals surface area contributed by atoms with E-state index in [0.29, 0.717) is 0 Å². The Bertz CT molecular complexity index is 356. The van der Waals surface area contributed by atoms with Crippen molar-refractivity contribution in [2.45, 2.75) is 65.6 Å². The smallest absolute Gasteiger partial charge is 0.400 e. The first-order valence-electron chi connectivity index (χ1n) is 7.55. The van der Waals surface area contributed by atoms with E-state index in [4.69, 9.17) is 9.31 Å². The monoisotopic (exact) mass is 265 g/mol. The van der Waals surface area contributed by atoms with E-state index in [1.54, 1.807) is 0 Å². The maximum atomic E-state index is 6.24. The minimum absolute atomic E-state index is 0.180. The first kappa shape index (κ1) is 15.1. The average molecular weight is 265 g/mol. The maximum absolute atomic E-state index is 6.24. The zero-order valence-electron chi connectivity index (χ0n) is 13.3. The molecule has 0 aromatic heterocycles. The standard InChI is InChI=1S/C15H28BNO2/c1-7-15(8-2)11-17-10-9-12(15)16-18-13(3,4)14(5,6)19-16/h9,17H,7-8,10-11H2,1-6H3. The molecule has 1 N–H and O–H groups in total. The highest BCUT2D eigenvalue weighted by Gasteiger charge is 2.55. The predicted molar refractivity (Wildman–Crippen MR) is 80.0 cm³/mol. The Kier molecular flexibility index (Phi) is 3.89. The third-order valence-electron chi connectivity index (χ3n) is 5.40. The van der Waals surface area contributed by atoms with Crippen LogP contribution in [0, 0.1) is 5.41 Å². The summed E-state index contributed by atoms with van der Waals surface area (Å²) in [6.45, 7) is 14.9. The molecule has 3 nitrogen and oxygen atoms in total. The van der Waals surface area contributed by atoms with Crippen LogP contribution in [-0.2, 0) is 9.31 Å². The van der Waals surface area contributed by atoms with E-state index in [9.17, 15) is 0 Å². The lowest BCUT2D eigenvalue weighted by molar-refractivity contribution is 0.00578. The number of hydrogen-bond acceptors (Lipinski definition) is 3. The molecular weight excluding hydrogens is 237 g/mol. The largest absolute Gasteiger partial charge is 0.490 e. The molecule has 0 bridgehead atoms. The fourth-order valence-electron chi connectivity index (χ4n) is 3.04. The molecule has 1 saturated heterocycles. The Morgan fingerprint density at radius 3 is 2.11 bits per heavy atom. The van der Waals surface area contributed by atoms with E-state index in [1.807, 2.05) is 0 Å². The van der Waals surface area contributed by atoms with Crippen molar-refractivity contribution in [2.24, 2.45) is 5.41 Å². The minimum Gasteiger partial charge on any atom is -0.400 e. The molecule has 0 aliphatic carbocycles. The molecule has 0 aromatic rings. The van der Waals surface area contributed by atoms with Gasteiger partial charge in [-0.05, 0) is 46.0 Å². The van der Waals surface area contributed by atoms with Gasteiger partial charge in [0.2, 0.25) is 0 Å². The lowest BCUT2D eigenvalue weighted by Gasteiger charge is -2.38. The predicted octanol–water partition coefficient (Wildman–Crippen LogP) is 2.95. The summed E-state index contributed by atoms with van der Waals surface area (Å²) < 4.78 is 12.5. The van der Waals surface area contributed by atoms with E-state index in [-0.39, 0.29) is 23.7 Å². The molecule has 0 atom stereocenters. The molecule has 0 radical (unpaired) electrons. The molecule has 2 aliphatic rings. The summed E-state index contributed by atoms with van der Waals surface area (Å²) in [5.41, 5.74) is 1.02. The molecule has 1 fully saturated rings. The van der Waals surface area contributed by atoms with Crippen LogP contribution in [0.4, 0.5) is 0 Å². The number of nitrogens with one attached hydrogen (secondary N) is 1. The Morgan fingerprint density at radius 1 is 1.11 bits per heavy atom. The van der Waals surface area contributed by atoms with Gasteiger partial charge < -0.3 is 14.6 Å². The zero-order valence-corrected chi connectivity index (χ0v) is 13.3. The topological polar surface area (TPSA) is 30.5 Å². The van der Waals surface area contributed by atoms with Gasteiger partial charge in [-0.2, -0.15) is 0 Å². The third-order valence-corrected chi connectivity index (χ3v) is 5.40. The van der Waals surface area contributed by atoms with Crippen LogP contribution in [-0.4, -0.2) is 31.4 Å². The highest BCUT2D eigenvalue weighted by molar-refractivity contribution is 6.55. The third kappa shape index (κ3) is 2.39. The van der Waals surface area contributed by atoms with Crippen molar-refractivity contribution < 1.29 is 9.31 Å².